The van der Waals surface area contributed by atoms with Gasteiger partial charge >= 0.3 is 0 Å². The highest BCUT2D eigenvalue weighted by Gasteiger charge is 2.23. The molecule has 6 heteroatoms. The zero-order chi connectivity index (χ0) is 45.9. The maximum atomic E-state index is 6.20. The number of furan rings is 1. The summed E-state index contributed by atoms with van der Waals surface area (Å²) in [6, 6.07) is 84.2. The summed E-state index contributed by atoms with van der Waals surface area (Å²) in [4.78, 5) is 11.1. The van der Waals surface area contributed by atoms with E-state index in [9.17, 15) is 0 Å². The number of hydrogen-bond acceptors (Lipinski definition) is 3. The fourth-order valence-electron chi connectivity index (χ4n) is 11.2. The molecule has 0 fully saturated rings. The van der Waals surface area contributed by atoms with Gasteiger partial charge in [0.25, 0.3) is 0 Å². The van der Waals surface area contributed by atoms with Crippen LogP contribution in [-0.4, -0.2) is 23.7 Å². The minimum atomic E-state index is 0.842. The predicted molar refractivity (Wildman–Crippen MR) is 289 cm³/mol. The number of benzene rings is 9. The Hall–Kier alpha value is -9.52. The van der Waals surface area contributed by atoms with Gasteiger partial charge in [-0.05, 0) is 102 Å². The fourth-order valence-corrected chi connectivity index (χ4v) is 11.2. The first-order valence-corrected chi connectivity index (χ1v) is 23.7. The summed E-state index contributed by atoms with van der Waals surface area (Å²) in [5.41, 5.74) is 15.6. The van der Waals surface area contributed by atoms with Crippen molar-refractivity contribution in [1.82, 2.24) is 23.7 Å². The highest BCUT2D eigenvalue weighted by atomic mass is 16.3. The van der Waals surface area contributed by atoms with Crippen LogP contribution in [0.2, 0.25) is 0 Å². The van der Waals surface area contributed by atoms with E-state index in [0.29, 0.717) is 0 Å². The fraction of sp³-hybridized carbons (Fsp3) is 0. The molecule has 0 N–H and O–H groups in total. The van der Waals surface area contributed by atoms with E-state index in [4.69, 9.17) is 14.4 Å². The molecule has 0 aliphatic carbocycles. The minimum absolute atomic E-state index is 0.842. The monoisotopic (exact) mass is 893 g/mol. The number of rotatable bonds is 6. The van der Waals surface area contributed by atoms with E-state index in [0.717, 1.165) is 111 Å². The van der Waals surface area contributed by atoms with Crippen molar-refractivity contribution >= 4 is 87.4 Å². The molecule has 70 heavy (non-hydrogen) atoms. The lowest BCUT2D eigenvalue weighted by Gasteiger charge is -2.14. The highest BCUT2D eigenvalue weighted by molar-refractivity contribution is 6.26. The quantitative estimate of drug-likeness (QED) is 0.167. The van der Waals surface area contributed by atoms with E-state index in [1.807, 2.05) is 12.1 Å². The van der Waals surface area contributed by atoms with Gasteiger partial charge in [0.05, 0.1) is 44.5 Å². The Morgan fingerprint density at radius 3 is 1.64 bits per heavy atom. The normalized spacial score (nSPS) is 12.0. The van der Waals surface area contributed by atoms with E-state index < -0.39 is 0 Å². The van der Waals surface area contributed by atoms with Gasteiger partial charge in [-0.15, -0.1) is 0 Å². The summed E-state index contributed by atoms with van der Waals surface area (Å²) in [5, 5.41) is 9.27. The molecule has 0 bridgehead atoms. The summed E-state index contributed by atoms with van der Waals surface area (Å²) < 4.78 is 13.3. The smallest absolute Gasteiger partial charge is 0.138 e. The van der Waals surface area contributed by atoms with Gasteiger partial charge in [-0.1, -0.05) is 146 Å². The topological polar surface area (TPSA) is 53.7 Å². The van der Waals surface area contributed by atoms with Crippen LogP contribution >= 0.6 is 0 Å². The summed E-state index contributed by atoms with van der Waals surface area (Å²) >= 11 is 0. The Morgan fingerprint density at radius 1 is 0.286 bits per heavy atom. The largest absolute Gasteiger partial charge is 0.456 e. The summed E-state index contributed by atoms with van der Waals surface area (Å²) in [7, 11) is 0. The van der Waals surface area contributed by atoms with E-state index in [-0.39, 0.29) is 0 Å². The van der Waals surface area contributed by atoms with Crippen LogP contribution in [0.1, 0.15) is 0 Å². The second kappa shape index (κ2) is 15.0. The van der Waals surface area contributed by atoms with Gasteiger partial charge in [0.1, 0.15) is 22.8 Å². The lowest BCUT2D eigenvalue weighted by atomic mass is 10.0. The van der Waals surface area contributed by atoms with Crippen molar-refractivity contribution in [3.8, 4) is 51.0 Å². The van der Waals surface area contributed by atoms with Gasteiger partial charge in [0.2, 0.25) is 0 Å². The third kappa shape index (κ3) is 5.74. The van der Waals surface area contributed by atoms with E-state index in [1.54, 1.807) is 0 Å². The van der Waals surface area contributed by atoms with Crippen molar-refractivity contribution in [2.24, 2.45) is 0 Å². The van der Waals surface area contributed by atoms with Crippen LogP contribution in [0, 0.1) is 0 Å². The molecule has 0 aliphatic heterocycles. The molecular weight excluding hydrogens is 855 g/mol. The third-order valence-electron chi connectivity index (χ3n) is 14.2. The Morgan fingerprint density at radius 2 is 0.871 bits per heavy atom. The number of pyridine rings is 2. The molecule has 15 rings (SSSR count). The van der Waals surface area contributed by atoms with Crippen LogP contribution in [0.15, 0.2) is 241 Å². The highest BCUT2D eigenvalue weighted by Crippen LogP contribution is 2.43. The summed E-state index contributed by atoms with van der Waals surface area (Å²) in [5.74, 6) is 1.69. The molecule has 9 aromatic carbocycles. The van der Waals surface area contributed by atoms with Gasteiger partial charge in [0.15, 0.2) is 0 Å². The molecule has 0 amide bonds. The summed E-state index contributed by atoms with van der Waals surface area (Å²) in [6.45, 7) is 0. The number of aromatic nitrogens is 5. The second-order valence-electron chi connectivity index (χ2n) is 18.1. The average Bonchev–Trinajstić information content (AvgIpc) is 4.17. The van der Waals surface area contributed by atoms with Crippen LogP contribution in [0.25, 0.3) is 138 Å². The van der Waals surface area contributed by atoms with Gasteiger partial charge in [-0.25, -0.2) is 9.97 Å². The summed E-state index contributed by atoms with van der Waals surface area (Å²) in [6.07, 6.45) is 0. The van der Waals surface area contributed by atoms with Crippen LogP contribution in [0.5, 0.6) is 0 Å². The Labute approximate surface area is 401 Å². The standard InChI is InChI=1S/C64H39N5O/c1-2-16-40(17-3-1)43-38-53(41-18-14-19-44(36-41)67-54-26-9-4-20-45(54)46-21-5-10-27-55(46)67)66-62(39-43)68-57-29-12-7-24-50(57)63-58(68)34-33-49-47-22-6-11-28-56(47)69(64(49)63)61-31-15-25-52(65-61)42-32-35-60-51(37-42)48-23-8-13-30-59(48)70-60/h1-39H. The molecule has 0 radical (unpaired) electrons. The molecule has 0 saturated heterocycles. The van der Waals surface area contributed by atoms with Crippen molar-refractivity contribution in [3.05, 3.63) is 237 Å². The minimum Gasteiger partial charge on any atom is -0.456 e. The number of para-hydroxylation sites is 5. The average molecular weight is 894 g/mol. The van der Waals surface area contributed by atoms with E-state index in [1.165, 1.54) is 27.2 Å². The molecule has 6 nitrogen and oxygen atoms in total. The number of hydrogen-bond donors (Lipinski definition) is 0. The molecule has 15 aromatic rings. The van der Waals surface area contributed by atoms with Crippen molar-refractivity contribution in [1.29, 1.82) is 0 Å². The SMILES string of the molecule is c1ccc(-c2cc(-c3cccc(-n4c5ccccc5c5ccccc54)c3)nc(-n3c4ccccc4c4c3ccc3c5ccccc5n(-c5cccc(-c6ccc7oc8ccccc8c7c6)n5)c34)c2)cc1. The molecule has 6 heterocycles. The van der Waals surface area contributed by atoms with Crippen molar-refractivity contribution in [2.45, 2.75) is 0 Å². The van der Waals surface area contributed by atoms with Gasteiger partial charge in [-0.2, -0.15) is 0 Å². The number of nitrogens with zero attached hydrogens (tertiary/aromatic N) is 5. The van der Waals surface area contributed by atoms with E-state index in [2.05, 4.69) is 238 Å². The van der Waals surface area contributed by atoms with Gasteiger partial charge in [-0.3, -0.25) is 9.13 Å². The lowest BCUT2D eigenvalue weighted by molar-refractivity contribution is 0.669. The van der Waals surface area contributed by atoms with Crippen molar-refractivity contribution < 1.29 is 4.42 Å². The first kappa shape index (κ1) is 38.6. The maximum Gasteiger partial charge on any atom is 0.138 e. The second-order valence-corrected chi connectivity index (χ2v) is 18.1. The Kier molecular flexibility index (Phi) is 8.26. The molecular formula is C64H39N5O. The molecule has 0 atom stereocenters. The van der Waals surface area contributed by atoms with Crippen LogP contribution in [0.3, 0.4) is 0 Å². The van der Waals surface area contributed by atoms with Crippen molar-refractivity contribution in [3.63, 3.8) is 0 Å². The molecule has 0 unspecified atom stereocenters. The van der Waals surface area contributed by atoms with Crippen LogP contribution in [0.4, 0.5) is 0 Å². The number of fused-ring (bicyclic) bond motifs is 13. The van der Waals surface area contributed by atoms with Gasteiger partial charge in [0, 0.05) is 59.9 Å². The van der Waals surface area contributed by atoms with E-state index >= 15 is 0 Å². The zero-order valence-electron chi connectivity index (χ0n) is 37.7. The maximum absolute atomic E-state index is 6.20. The zero-order valence-corrected chi connectivity index (χ0v) is 37.7. The third-order valence-corrected chi connectivity index (χ3v) is 14.2. The molecule has 0 spiro atoms. The van der Waals surface area contributed by atoms with Crippen molar-refractivity contribution in [2.75, 3.05) is 0 Å². The predicted octanol–water partition coefficient (Wildman–Crippen LogP) is 16.7. The first-order valence-electron chi connectivity index (χ1n) is 23.7. The lowest BCUT2D eigenvalue weighted by Crippen LogP contribution is -2.01. The van der Waals surface area contributed by atoms with Gasteiger partial charge < -0.3 is 8.98 Å². The molecule has 326 valence electrons. The Bertz CT molecular complexity index is 4550. The molecule has 0 aliphatic rings. The molecule has 6 aromatic heterocycles. The molecule has 0 saturated carbocycles. The van der Waals surface area contributed by atoms with Crippen LogP contribution in [-0.2, 0) is 0 Å². The Balaban J connectivity index is 0.958. The van der Waals surface area contributed by atoms with Crippen LogP contribution < -0.4 is 0 Å². The first-order chi connectivity index (χ1) is 34.7.